The quantitative estimate of drug-likeness (QED) is 0.528. The van der Waals surface area contributed by atoms with Crippen LogP contribution in [0, 0.1) is 10.1 Å². The molecule has 0 bridgehead atoms. The van der Waals surface area contributed by atoms with Crippen LogP contribution in [0.15, 0.2) is 48.5 Å². The predicted octanol–water partition coefficient (Wildman–Crippen LogP) is 3.23. The summed E-state index contributed by atoms with van der Waals surface area (Å²) in [6.07, 6.45) is 4.23. The number of hydrogen-bond donors (Lipinski definition) is 1. The van der Waals surface area contributed by atoms with Crippen LogP contribution in [0.25, 0.3) is 6.08 Å². The molecular formula is C19H19N3O3. The predicted molar refractivity (Wildman–Crippen MR) is 97.2 cm³/mol. The Morgan fingerprint density at radius 2 is 2.08 bits per heavy atom. The van der Waals surface area contributed by atoms with Crippen LogP contribution in [0.3, 0.4) is 0 Å². The average Bonchev–Trinajstić information content (AvgIpc) is 2.59. The van der Waals surface area contributed by atoms with E-state index in [2.05, 4.69) is 29.4 Å². The SMILES string of the molecule is CN1CCc2ccc(/C=C/C(=O)Nc3cccc([N+](=O)[O-])c3)cc2C1. The minimum Gasteiger partial charge on any atom is -0.322 e. The maximum atomic E-state index is 12.0. The van der Waals surface area contributed by atoms with E-state index in [9.17, 15) is 14.9 Å². The van der Waals surface area contributed by atoms with Gasteiger partial charge in [0.05, 0.1) is 4.92 Å². The molecule has 1 amide bonds. The van der Waals surface area contributed by atoms with Crippen molar-refractivity contribution in [2.24, 2.45) is 0 Å². The number of nitro groups is 1. The van der Waals surface area contributed by atoms with Gasteiger partial charge in [-0.25, -0.2) is 0 Å². The number of amides is 1. The molecule has 0 atom stereocenters. The Morgan fingerprint density at radius 3 is 2.88 bits per heavy atom. The summed E-state index contributed by atoms with van der Waals surface area (Å²) in [7, 11) is 2.10. The third-order valence-electron chi connectivity index (χ3n) is 4.19. The number of anilines is 1. The molecule has 1 heterocycles. The van der Waals surface area contributed by atoms with E-state index in [0.717, 1.165) is 25.1 Å². The van der Waals surface area contributed by atoms with Crippen LogP contribution in [-0.2, 0) is 17.8 Å². The number of rotatable bonds is 4. The van der Waals surface area contributed by atoms with Gasteiger partial charge < -0.3 is 10.2 Å². The second kappa shape index (κ2) is 7.27. The van der Waals surface area contributed by atoms with Crippen LogP contribution in [0.4, 0.5) is 11.4 Å². The van der Waals surface area contributed by atoms with Crippen molar-refractivity contribution in [1.82, 2.24) is 4.90 Å². The third-order valence-corrected chi connectivity index (χ3v) is 4.19. The van der Waals surface area contributed by atoms with Gasteiger partial charge in [-0.3, -0.25) is 14.9 Å². The molecule has 25 heavy (non-hydrogen) atoms. The Morgan fingerprint density at radius 1 is 1.24 bits per heavy atom. The van der Waals surface area contributed by atoms with E-state index in [1.54, 1.807) is 12.1 Å². The van der Waals surface area contributed by atoms with E-state index in [-0.39, 0.29) is 11.6 Å². The molecule has 0 saturated carbocycles. The van der Waals surface area contributed by atoms with Gasteiger partial charge in [0.25, 0.3) is 5.69 Å². The molecule has 1 aliphatic rings. The molecule has 6 heteroatoms. The zero-order valence-corrected chi connectivity index (χ0v) is 13.9. The summed E-state index contributed by atoms with van der Waals surface area (Å²) < 4.78 is 0. The lowest BCUT2D eigenvalue weighted by Gasteiger charge is -2.25. The van der Waals surface area contributed by atoms with Crippen LogP contribution in [0.2, 0.25) is 0 Å². The smallest absolute Gasteiger partial charge is 0.271 e. The second-order valence-electron chi connectivity index (χ2n) is 6.15. The van der Waals surface area contributed by atoms with Crippen molar-refractivity contribution >= 4 is 23.4 Å². The Bertz CT molecular complexity index is 846. The standard InChI is InChI=1S/C19H19N3O3/c1-21-10-9-15-7-5-14(11-16(15)13-21)6-8-19(23)20-17-3-2-4-18(12-17)22(24)25/h2-8,11-12H,9-10,13H2,1H3,(H,20,23)/b8-6+. The van der Waals surface area contributed by atoms with Crippen molar-refractivity contribution in [3.05, 3.63) is 75.3 Å². The van der Waals surface area contributed by atoms with Crippen molar-refractivity contribution in [2.45, 2.75) is 13.0 Å². The Balaban J connectivity index is 1.68. The van der Waals surface area contributed by atoms with Gasteiger partial charge in [0.15, 0.2) is 0 Å². The van der Waals surface area contributed by atoms with Crippen molar-refractivity contribution in [3.8, 4) is 0 Å². The lowest BCUT2D eigenvalue weighted by Crippen LogP contribution is -2.26. The van der Waals surface area contributed by atoms with Gasteiger partial charge in [-0.05, 0) is 42.3 Å². The highest BCUT2D eigenvalue weighted by Gasteiger charge is 2.12. The van der Waals surface area contributed by atoms with Gasteiger partial charge in [0.2, 0.25) is 5.91 Å². The Labute approximate surface area is 145 Å². The molecule has 6 nitrogen and oxygen atoms in total. The molecular weight excluding hydrogens is 318 g/mol. The summed E-state index contributed by atoms with van der Waals surface area (Å²) in [4.78, 5) is 24.6. The van der Waals surface area contributed by atoms with Gasteiger partial charge in [0, 0.05) is 37.0 Å². The number of benzene rings is 2. The molecule has 2 aromatic carbocycles. The third kappa shape index (κ3) is 4.30. The molecule has 0 unspecified atom stereocenters. The van der Waals surface area contributed by atoms with Crippen molar-refractivity contribution < 1.29 is 9.72 Å². The van der Waals surface area contributed by atoms with Crippen LogP contribution < -0.4 is 5.32 Å². The summed E-state index contributed by atoms with van der Waals surface area (Å²) in [5.74, 6) is -0.324. The zero-order chi connectivity index (χ0) is 17.8. The highest BCUT2D eigenvalue weighted by Crippen LogP contribution is 2.20. The monoisotopic (exact) mass is 337 g/mol. The summed E-state index contributed by atoms with van der Waals surface area (Å²) >= 11 is 0. The van der Waals surface area contributed by atoms with E-state index >= 15 is 0 Å². The number of nitrogens with zero attached hydrogens (tertiary/aromatic N) is 2. The van der Waals surface area contributed by atoms with E-state index in [1.165, 1.54) is 35.4 Å². The summed E-state index contributed by atoms with van der Waals surface area (Å²) in [6, 6.07) is 12.1. The molecule has 0 fully saturated rings. The number of fused-ring (bicyclic) bond motifs is 1. The average molecular weight is 337 g/mol. The van der Waals surface area contributed by atoms with Gasteiger partial charge >= 0.3 is 0 Å². The zero-order valence-electron chi connectivity index (χ0n) is 13.9. The van der Waals surface area contributed by atoms with Crippen LogP contribution >= 0.6 is 0 Å². The molecule has 3 rings (SSSR count). The minimum absolute atomic E-state index is 0.0550. The fraction of sp³-hybridized carbons (Fsp3) is 0.211. The molecule has 0 aliphatic carbocycles. The van der Waals surface area contributed by atoms with Gasteiger partial charge in [-0.2, -0.15) is 0 Å². The summed E-state index contributed by atoms with van der Waals surface area (Å²) in [5.41, 5.74) is 3.95. The van der Waals surface area contributed by atoms with Gasteiger partial charge in [-0.1, -0.05) is 24.3 Å². The first-order valence-corrected chi connectivity index (χ1v) is 8.05. The Kier molecular flexibility index (Phi) is 4.90. The van der Waals surface area contributed by atoms with E-state index in [4.69, 9.17) is 0 Å². The van der Waals surface area contributed by atoms with Crippen LogP contribution in [0.5, 0.6) is 0 Å². The number of likely N-dealkylation sites (N-methyl/N-ethyl adjacent to an activating group) is 1. The molecule has 0 saturated heterocycles. The summed E-state index contributed by atoms with van der Waals surface area (Å²) in [5, 5.41) is 13.4. The fourth-order valence-corrected chi connectivity index (χ4v) is 2.87. The first-order valence-electron chi connectivity index (χ1n) is 8.05. The largest absolute Gasteiger partial charge is 0.322 e. The summed E-state index contributed by atoms with van der Waals surface area (Å²) in [6.45, 7) is 1.98. The van der Waals surface area contributed by atoms with Crippen molar-refractivity contribution in [1.29, 1.82) is 0 Å². The minimum atomic E-state index is -0.490. The van der Waals surface area contributed by atoms with Crippen LogP contribution in [0.1, 0.15) is 16.7 Å². The number of carbonyl (C=O) groups is 1. The van der Waals surface area contributed by atoms with Gasteiger partial charge in [0.1, 0.15) is 0 Å². The highest BCUT2D eigenvalue weighted by atomic mass is 16.6. The molecule has 0 spiro atoms. The first kappa shape index (κ1) is 16.9. The first-order chi connectivity index (χ1) is 12.0. The van der Waals surface area contributed by atoms with Crippen molar-refractivity contribution in [3.63, 3.8) is 0 Å². The Hall–Kier alpha value is -2.99. The molecule has 1 N–H and O–H groups in total. The second-order valence-corrected chi connectivity index (χ2v) is 6.15. The fourth-order valence-electron chi connectivity index (χ4n) is 2.87. The van der Waals surface area contributed by atoms with Gasteiger partial charge in [-0.15, -0.1) is 0 Å². The number of carbonyl (C=O) groups excluding carboxylic acids is 1. The highest BCUT2D eigenvalue weighted by molar-refractivity contribution is 6.02. The molecule has 0 aromatic heterocycles. The van der Waals surface area contributed by atoms with E-state index in [1.807, 2.05) is 6.07 Å². The molecule has 2 aromatic rings. The van der Waals surface area contributed by atoms with Crippen molar-refractivity contribution in [2.75, 3.05) is 18.9 Å². The number of nitro benzene ring substituents is 1. The number of nitrogens with one attached hydrogen (secondary N) is 1. The number of hydrogen-bond acceptors (Lipinski definition) is 4. The lowest BCUT2D eigenvalue weighted by molar-refractivity contribution is -0.384. The molecule has 1 aliphatic heterocycles. The maximum Gasteiger partial charge on any atom is 0.271 e. The topological polar surface area (TPSA) is 75.5 Å². The molecule has 0 radical (unpaired) electrons. The van der Waals surface area contributed by atoms with E-state index in [0.29, 0.717) is 5.69 Å². The lowest BCUT2D eigenvalue weighted by atomic mass is 9.97. The molecule has 128 valence electrons. The normalized spacial score (nSPS) is 14.3. The van der Waals surface area contributed by atoms with E-state index < -0.39 is 4.92 Å². The maximum absolute atomic E-state index is 12.0. The van der Waals surface area contributed by atoms with Crippen LogP contribution in [-0.4, -0.2) is 29.3 Å². The number of non-ortho nitro benzene ring substituents is 1.